The van der Waals surface area contributed by atoms with E-state index in [0.717, 1.165) is 18.5 Å². The van der Waals surface area contributed by atoms with Crippen LogP contribution < -0.4 is 4.90 Å². The standard InChI is InChI=1S/C12H18F2N2O/c1-3-4-10-5-9(8-17)6-12(15-10)16(2)7-11(13)14/h5-6,11,17H,3-4,7-8H2,1-2H3. The van der Waals surface area contributed by atoms with Crippen LogP contribution in [0.1, 0.15) is 24.6 Å². The molecule has 0 bridgehead atoms. The molecule has 0 saturated carbocycles. The van der Waals surface area contributed by atoms with Crippen molar-refractivity contribution in [3.8, 4) is 0 Å². The maximum absolute atomic E-state index is 12.3. The summed E-state index contributed by atoms with van der Waals surface area (Å²) in [4.78, 5) is 5.71. The molecule has 1 aromatic rings. The van der Waals surface area contributed by atoms with Crippen LogP contribution in [0.25, 0.3) is 0 Å². The fraction of sp³-hybridized carbons (Fsp3) is 0.583. The average Bonchev–Trinajstić information content (AvgIpc) is 2.28. The Balaban J connectivity index is 2.93. The number of aliphatic hydroxyl groups excluding tert-OH is 1. The molecular weight excluding hydrogens is 226 g/mol. The average molecular weight is 244 g/mol. The van der Waals surface area contributed by atoms with Gasteiger partial charge in [-0.25, -0.2) is 13.8 Å². The molecule has 5 heteroatoms. The topological polar surface area (TPSA) is 36.4 Å². The molecule has 96 valence electrons. The molecule has 0 aliphatic carbocycles. The Morgan fingerprint density at radius 2 is 2.12 bits per heavy atom. The normalized spacial score (nSPS) is 10.9. The molecule has 0 amide bonds. The third kappa shape index (κ3) is 4.26. The van der Waals surface area contributed by atoms with Gasteiger partial charge in [-0.3, -0.25) is 0 Å². The number of hydrogen-bond donors (Lipinski definition) is 1. The van der Waals surface area contributed by atoms with Crippen molar-refractivity contribution >= 4 is 5.82 Å². The van der Waals surface area contributed by atoms with Crippen LogP contribution in [0.15, 0.2) is 12.1 Å². The van der Waals surface area contributed by atoms with E-state index in [1.165, 1.54) is 4.90 Å². The fourth-order valence-corrected chi connectivity index (χ4v) is 1.60. The SMILES string of the molecule is CCCc1cc(CO)cc(N(C)CC(F)F)n1. The highest BCUT2D eigenvalue weighted by molar-refractivity contribution is 5.42. The van der Waals surface area contributed by atoms with Crippen molar-refractivity contribution in [2.24, 2.45) is 0 Å². The summed E-state index contributed by atoms with van der Waals surface area (Å²) in [6.45, 7) is 1.57. The number of pyridine rings is 1. The second kappa shape index (κ2) is 6.49. The molecule has 0 aliphatic heterocycles. The molecule has 0 saturated heterocycles. The highest BCUT2D eigenvalue weighted by Crippen LogP contribution is 2.16. The zero-order chi connectivity index (χ0) is 12.8. The van der Waals surface area contributed by atoms with E-state index in [9.17, 15) is 8.78 Å². The van der Waals surface area contributed by atoms with E-state index in [1.54, 1.807) is 13.1 Å². The molecular formula is C12H18F2N2O. The Bertz CT molecular complexity index is 358. The van der Waals surface area contributed by atoms with Crippen molar-refractivity contribution in [2.75, 3.05) is 18.5 Å². The maximum Gasteiger partial charge on any atom is 0.255 e. The molecule has 0 radical (unpaired) electrons. The quantitative estimate of drug-likeness (QED) is 0.833. The molecule has 0 fully saturated rings. The van der Waals surface area contributed by atoms with Gasteiger partial charge in [-0.1, -0.05) is 13.3 Å². The Hall–Kier alpha value is -1.23. The minimum atomic E-state index is -2.39. The first kappa shape index (κ1) is 13.8. The Labute approximate surface area is 100 Å². The smallest absolute Gasteiger partial charge is 0.255 e. The van der Waals surface area contributed by atoms with Gasteiger partial charge in [0, 0.05) is 12.7 Å². The molecule has 0 aromatic carbocycles. The third-order valence-electron chi connectivity index (χ3n) is 2.42. The number of aromatic nitrogens is 1. The zero-order valence-electron chi connectivity index (χ0n) is 10.2. The molecule has 1 rings (SSSR count). The molecule has 3 nitrogen and oxygen atoms in total. The zero-order valence-corrected chi connectivity index (χ0v) is 10.2. The van der Waals surface area contributed by atoms with Crippen molar-refractivity contribution in [2.45, 2.75) is 32.8 Å². The lowest BCUT2D eigenvalue weighted by molar-refractivity contribution is 0.156. The second-order valence-corrected chi connectivity index (χ2v) is 4.00. The first-order valence-electron chi connectivity index (χ1n) is 5.66. The van der Waals surface area contributed by atoms with Crippen LogP contribution in [-0.2, 0) is 13.0 Å². The van der Waals surface area contributed by atoms with Gasteiger partial charge in [-0.2, -0.15) is 0 Å². The van der Waals surface area contributed by atoms with Crippen LogP contribution in [0.2, 0.25) is 0 Å². The summed E-state index contributed by atoms with van der Waals surface area (Å²) in [5.41, 5.74) is 1.54. The van der Waals surface area contributed by atoms with E-state index in [2.05, 4.69) is 4.98 Å². The predicted octanol–water partition coefficient (Wildman–Crippen LogP) is 2.23. The molecule has 0 spiro atoms. The molecule has 1 aromatic heterocycles. The first-order valence-corrected chi connectivity index (χ1v) is 5.66. The number of alkyl halides is 2. The monoisotopic (exact) mass is 244 g/mol. The lowest BCUT2D eigenvalue weighted by atomic mass is 10.1. The minimum Gasteiger partial charge on any atom is -0.392 e. The lowest BCUT2D eigenvalue weighted by Gasteiger charge is -2.19. The van der Waals surface area contributed by atoms with Crippen LogP contribution in [0, 0.1) is 0 Å². The molecule has 0 atom stereocenters. The van der Waals surface area contributed by atoms with Crippen LogP contribution in [0.5, 0.6) is 0 Å². The number of nitrogens with zero attached hydrogens (tertiary/aromatic N) is 2. The van der Waals surface area contributed by atoms with Crippen molar-refractivity contribution in [1.82, 2.24) is 4.98 Å². The lowest BCUT2D eigenvalue weighted by Crippen LogP contribution is -2.25. The van der Waals surface area contributed by atoms with E-state index in [0.29, 0.717) is 11.4 Å². The summed E-state index contributed by atoms with van der Waals surface area (Å²) in [6.07, 6.45) is -0.683. The molecule has 17 heavy (non-hydrogen) atoms. The van der Waals surface area contributed by atoms with Crippen LogP contribution >= 0.6 is 0 Å². The van der Waals surface area contributed by atoms with Gasteiger partial charge >= 0.3 is 0 Å². The van der Waals surface area contributed by atoms with Gasteiger partial charge in [0.25, 0.3) is 6.43 Å². The number of rotatable bonds is 6. The van der Waals surface area contributed by atoms with E-state index in [-0.39, 0.29) is 13.2 Å². The van der Waals surface area contributed by atoms with Gasteiger partial charge in [-0.05, 0) is 24.1 Å². The summed E-state index contributed by atoms with van der Waals surface area (Å²) >= 11 is 0. The van der Waals surface area contributed by atoms with Crippen molar-refractivity contribution in [1.29, 1.82) is 0 Å². The summed E-state index contributed by atoms with van der Waals surface area (Å²) in [6, 6.07) is 3.45. The Morgan fingerprint density at radius 3 is 2.65 bits per heavy atom. The van der Waals surface area contributed by atoms with Crippen molar-refractivity contribution < 1.29 is 13.9 Å². The Kier molecular flexibility index (Phi) is 5.28. The van der Waals surface area contributed by atoms with Gasteiger partial charge in [-0.15, -0.1) is 0 Å². The molecule has 1 heterocycles. The fourth-order valence-electron chi connectivity index (χ4n) is 1.60. The highest BCUT2D eigenvalue weighted by Gasteiger charge is 2.11. The van der Waals surface area contributed by atoms with E-state index in [4.69, 9.17) is 5.11 Å². The number of aliphatic hydroxyl groups is 1. The van der Waals surface area contributed by atoms with Crippen LogP contribution in [0.3, 0.4) is 0 Å². The minimum absolute atomic E-state index is 0.102. The van der Waals surface area contributed by atoms with E-state index >= 15 is 0 Å². The number of halogens is 2. The summed E-state index contributed by atoms with van der Waals surface area (Å²) in [7, 11) is 1.57. The number of aryl methyl sites for hydroxylation is 1. The predicted molar refractivity (Wildman–Crippen MR) is 63.4 cm³/mol. The summed E-state index contributed by atoms with van der Waals surface area (Å²) in [5.74, 6) is 0.486. The number of hydrogen-bond acceptors (Lipinski definition) is 3. The van der Waals surface area contributed by atoms with Crippen LogP contribution in [0.4, 0.5) is 14.6 Å². The Morgan fingerprint density at radius 1 is 1.41 bits per heavy atom. The van der Waals surface area contributed by atoms with Gasteiger partial charge in [0.15, 0.2) is 0 Å². The largest absolute Gasteiger partial charge is 0.392 e. The van der Waals surface area contributed by atoms with E-state index in [1.807, 2.05) is 13.0 Å². The van der Waals surface area contributed by atoms with Crippen LogP contribution in [-0.4, -0.2) is 30.1 Å². The summed E-state index contributed by atoms with van der Waals surface area (Å²) in [5, 5.41) is 9.12. The van der Waals surface area contributed by atoms with Gasteiger partial charge < -0.3 is 10.0 Å². The molecule has 1 N–H and O–H groups in total. The van der Waals surface area contributed by atoms with Crippen molar-refractivity contribution in [3.63, 3.8) is 0 Å². The van der Waals surface area contributed by atoms with Gasteiger partial charge in [0.1, 0.15) is 5.82 Å². The first-order chi connectivity index (χ1) is 8.06. The van der Waals surface area contributed by atoms with E-state index < -0.39 is 6.43 Å². The van der Waals surface area contributed by atoms with Gasteiger partial charge in [0.2, 0.25) is 0 Å². The van der Waals surface area contributed by atoms with Crippen molar-refractivity contribution in [3.05, 3.63) is 23.4 Å². The highest BCUT2D eigenvalue weighted by atomic mass is 19.3. The third-order valence-corrected chi connectivity index (χ3v) is 2.42. The molecule has 0 aliphatic rings. The summed E-state index contributed by atoms with van der Waals surface area (Å²) < 4.78 is 24.6. The molecule has 0 unspecified atom stereocenters. The number of anilines is 1. The maximum atomic E-state index is 12.3. The van der Waals surface area contributed by atoms with Gasteiger partial charge in [0.05, 0.1) is 13.2 Å². The second-order valence-electron chi connectivity index (χ2n) is 4.00.